The summed E-state index contributed by atoms with van der Waals surface area (Å²) in [5.74, 6) is -1.31. The lowest BCUT2D eigenvalue weighted by molar-refractivity contribution is -0.139. The highest BCUT2D eigenvalue weighted by molar-refractivity contribution is 7.90. The van der Waals surface area contributed by atoms with E-state index in [0.717, 1.165) is 27.0 Å². The van der Waals surface area contributed by atoms with Crippen LogP contribution < -0.4 is 9.62 Å². The highest BCUT2D eigenvalue weighted by atomic mass is 32.2. The first kappa shape index (κ1) is 29.3. The fraction of sp³-hybridized carbons (Fsp3) is 0.462. The van der Waals surface area contributed by atoms with Crippen LogP contribution >= 0.6 is 0 Å². The summed E-state index contributed by atoms with van der Waals surface area (Å²) in [6.45, 7) is 7.22. The summed E-state index contributed by atoms with van der Waals surface area (Å²) in [7, 11) is -1.23. The van der Waals surface area contributed by atoms with E-state index in [1.807, 2.05) is 19.9 Å². The Kier molecular flexibility index (Phi) is 10.4. The van der Waals surface area contributed by atoms with Gasteiger partial charge in [-0.3, -0.25) is 9.59 Å². The second-order valence-electron chi connectivity index (χ2n) is 9.06. The number of rotatable bonds is 12. The first-order valence-electron chi connectivity index (χ1n) is 12.0. The molecular weight excluding hydrogens is 483 g/mol. The summed E-state index contributed by atoms with van der Waals surface area (Å²) in [6, 6.07) is 10.1. The van der Waals surface area contributed by atoms with Gasteiger partial charge >= 0.3 is 10.2 Å². The number of benzene rings is 2. The normalized spacial score (nSPS) is 12.3. The van der Waals surface area contributed by atoms with Crippen LogP contribution in [0.4, 0.5) is 10.1 Å². The van der Waals surface area contributed by atoms with Crippen LogP contribution in [0, 0.1) is 19.7 Å². The largest absolute Gasteiger partial charge is 0.354 e. The molecule has 0 aliphatic carbocycles. The van der Waals surface area contributed by atoms with Gasteiger partial charge in [0.15, 0.2) is 0 Å². The quantitative estimate of drug-likeness (QED) is 0.435. The molecule has 0 saturated carbocycles. The summed E-state index contributed by atoms with van der Waals surface area (Å²) >= 11 is 0. The van der Waals surface area contributed by atoms with Crippen molar-refractivity contribution in [1.29, 1.82) is 0 Å². The number of amides is 2. The second-order valence-corrected chi connectivity index (χ2v) is 11.1. The van der Waals surface area contributed by atoms with Crippen molar-refractivity contribution >= 4 is 27.7 Å². The molecule has 1 N–H and O–H groups in total. The standard InChI is InChI=1S/C26H37FN4O4S/c1-7-8-15-28-26(33)21(4)30(17-22-11-13-23(27)14-12-22)25(32)18-31(36(34,35)29(5)6)24-16-19(2)9-10-20(24)3/h9-14,16,21H,7-8,15,17-18H2,1-6H3,(H,28,33)/t21-/m0/s1. The monoisotopic (exact) mass is 520 g/mol. The molecule has 0 aromatic heterocycles. The molecule has 0 spiro atoms. The lowest BCUT2D eigenvalue weighted by atomic mass is 10.1. The number of unbranched alkanes of at least 4 members (excludes halogenated alkanes) is 1. The van der Waals surface area contributed by atoms with E-state index in [2.05, 4.69) is 5.32 Å². The highest BCUT2D eigenvalue weighted by Crippen LogP contribution is 2.26. The number of aryl methyl sites for hydroxylation is 2. The third-order valence-electron chi connectivity index (χ3n) is 5.92. The fourth-order valence-electron chi connectivity index (χ4n) is 3.60. The van der Waals surface area contributed by atoms with Crippen molar-refractivity contribution in [2.24, 2.45) is 0 Å². The maximum Gasteiger partial charge on any atom is 0.304 e. The van der Waals surface area contributed by atoms with Gasteiger partial charge in [-0.25, -0.2) is 8.70 Å². The topological polar surface area (TPSA) is 90.0 Å². The van der Waals surface area contributed by atoms with Crippen LogP contribution in [0.3, 0.4) is 0 Å². The third kappa shape index (κ3) is 7.51. The lowest BCUT2D eigenvalue weighted by Gasteiger charge is -2.33. The van der Waals surface area contributed by atoms with Crippen molar-refractivity contribution in [1.82, 2.24) is 14.5 Å². The predicted octanol–water partition coefficient (Wildman–Crippen LogP) is 3.39. The Labute approximate surface area is 214 Å². The fourth-order valence-corrected chi connectivity index (χ4v) is 4.71. The highest BCUT2D eigenvalue weighted by Gasteiger charge is 2.33. The van der Waals surface area contributed by atoms with E-state index < -0.39 is 34.5 Å². The van der Waals surface area contributed by atoms with Gasteiger partial charge < -0.3 is 10.2 Å². The molecule has 198 valence electrons. The number of carbonyl (C=O) groups is 2. The summed E-state index contributed by atoms with van der Waals surface area (Å²) < 4.78 is 42.1. The maximum absolute atomic E-state index is 13.7. The number of hydrogen-bond donors (Lipinski definition) is 1. The molecule has 8 nitrogen and oxygen atoms in total. The number of nitrogens with zero attached hydrogens (tertiary/aromatic N) is 3. The van der Waals surface area contributed by atoms with Gasteiger partial charge in [0.2, 0.25) is 11.8 Å². The predicted molar refractivity (Wildman–Crippen MR) is 140 cm³/mol. The molecule has 2 aromatic carbocycles. The van der Waals surface area contributed by atoms with Gasteiger partial charge in [0.25, 0.3) is 0 Å². The first-order chi connectivity index (χ1) is 16.9. The number of hydrogen-bond acceptors (Lipinski definition) is 4. The zero-order chi connectivity index (χ0) is 27.0. The molecule has 2 aromatic rings. The molecule has 36 heavy (non-hydrogen) atoms. The third-order valence-corrected chi connectivity index (χ3v) is 7.72. The van der Waals surface area contributed by atoms with Crippen molar-refractivity contribution in [2.75, 3.05) is 31.5 Å². The van der Waals surface area contributed by atoms with Crippen LogP contribution in [0.1, 0.15) is 43.4 Å². The van der Waals surface area contributed by atoms with Crippen molar-refractivity contribution in [3.8, 4) is 0 Å². The molecule has 0 unspecified atom stereocenters. The van der Waals surface area contributed by atoms with E-state index in [-0.39, 0.29) is 12.5 Å². The van der Waals surface area contributed by atoms with Crippen LogP contribution in [0.15, 0.2) is 42.5 Å². The Balaban J connectivity index is 2.46. The molecule has 0 fully saturated rings. The molecule has 0 saturated heterocycles. The molecular formula is C26H37FN4O4S. The van der Waals surface area contributed by atoms with Crippen molar-refractivity contribution in [2.45, 2.75) is 53.1 Å². The Morgan fingerprint density at radius 3 is 2.28 bits per heavy atom. The van der Waals surface area contributed by atoms with Crippen LogP contribution in [0.25, 0.3) is 0 Å². The van der Waals surface area contributed by atoms with Gasteiger partial charge in [-0.1, -0.05) is 37.6 Å². The average molecular weight is 521 g/mol. The van der Waals surface area contributed by atoms with Gasteiger partial charge in [0.1, 0.15) is 18.4 Å². The molecule has 0 heterocycles. The smallest absolute Gasteiger partial charge is 0.304 e. The summed E-state index contributed by atoms with van der Waals surface area (Å²) in [5, 5.41) is 2.83. The molecule has 0 radical (unpaired) electrons. The van der Waals surface area contributed by atoms with E-state index in [1.54, 1.807) is 26.0 Å². The van der Waals surface area contributed by atoms with Crippen molar-refractivity contribution in [3.63, 3.8) is 0 Å². The van der Waals surface area contributed by atoms with Gasteiger partial charge in [0, 0.05) is 27.2 Å². The number of halogens is 1. The van der Waals surface area contributed by atoms with Crippen LogP contribution in [-0.2, 0) is 26.3 Å². The SMILES string of the molecule is CCCCNC(=O)[C@H](C)N(Cc1ccc(F)cc1)C(=O)CN(c1cc(C)ccc1C)S(=O)(=O)N(C)C. The number of carbonyl (C=O) groups excluding carboxylic acids is 2. The first-order valence-corrected chi connectivity index (χ1v) is 13.4. The minimum absolute atomic E-state index is 0.0180. The summed E-state index contributed by atoms with van der Waals surface area (Å²) in [5.41, 5.74) is 2.54. The van der Waals surface area contributed by atoms with Crippen LogP contribution in [0.2, 0.25) is 0 Å². The van der Waals surface area contributed by atoms with E-state index in [4.69, 9.17) is 0 Å². The minimum Gasteiger partial charge on any atom is -0.354 e. The van der Waals surface area contributed by atoms with E-state index >= 15 is 0 Å². The molecule has 0 bridgehead atoms. The van der Waals surface area contributed by atoms with Crippen LogP contribution in [0.5, 0.6) is 0 Å². The number of nitrogens with one attached hydrogen (secondary N) is 1. The molecule has 10 heteroatoms. The number of anilines is 1. The molecule has 2 rings (SSSR count). The summed E-state index contributed by atoms with van der Waals surface area (Å²) in [4.78, 5) is 27.9. The molecule has 0 aliphatic heterocycles. The van der Waals surface area contributed by atoms with E-state index in [9.17, 15) is 22.4 Å². The van der Waals surface area contributed by atoms with Gasteiger partial charge in [-0.15, -0.1) is 0 Å². The Morgan fingerprint density at radius 2 is 1.69 bits per heavy atom. The van der Waals surface area contributed by atoms with Gasteiger partial charge in [-0.2, -0.15) is 12.7 Å². The Hall–Kier alpha value is -2.98. The van der Waals surface area contributed by atoms with Crippen molar-refractivity contribution < 1.29 is 22.4 Å². The Bertz CT molecular complexity index is 1150. The zero-order valence-corrected chi connectivity index (χ0v) is 22.7. The van der Waals surface area contributed by atoms with Gasteiger partial charge in [0.05, 0.1) is 5.69 Å². The molecule has 1 atom stereocenters. The van der Waals surface area contributed by atoms with Gasteiger partial charge in [-0.05, 0) is 62.1 Å². The van der Waals surface area contributed by atoms with E-state index in [1.165, 1.54) is 43.3 Å². The average Bonchev–Trinajstić information content (AvgIpc) is 2.83. The summed E-state index contributed by atoms with van der Waals surface area (Å²) in [6.07, 6.45) is 1.70. The zero-order valence-electron chi connectivity index (χ0n) is 21.9. The molecule has 0 aliphatic rings. The molecule has 2 amide bonds. The minimum atomic E-state index is -4.03. The van der Waals surface area contributed by atoms with Crippen molar-refractivity contribution in [3.05, 3.63) is 65.0 Å². The lowest BCUT2D eigenvalue weighted by Crippen LogP contribution is -2.52. The van der Waals surface area contributed by atoms with Crippen LogP contribution in [-0.4, -0.2) is 62.7 Å². The van der Waals surface area contributed by atoms with E-state index in [0.29, 0.717) is 23.4 Å². The second kappa shape index (κ2) is 12.8. The maximum atomic E-state index is 13.7. The Morgan fingerprint density at radius 1 is 1.06 bits per heavy atom.